The van der Waals surface area contributed by atoms with Crippen molar-refractivity contribution in [1.29, 1.82) is 0 Å². The van der Waals surface area contributed by atoms with Gasteiger partial charge in [-0.25, -0.2) is 0 Å². The molecule has 98 valence electrons. The summed E-state index contributed by atoms with van der Waals surface area (Å²) in [6.07, 6.45) is -2.86. The topological polar surface area (TPSA) is 29.5 Å². The normalized spacial score (nSPS) is 29.6. The largest absolute Gasteiger partial charge is 0.404 e. The maximum Gasteiger partial charge on any atom is 0.404 e. The van der Waals surface area contributed by atoms with Gasteiger partial charge in [-0.05, 0) is 12.8 Å². The summed E-state index contributed by atoms with van der Waals surface area (Å²) in [6.45, 7) is 0.842. The summed E-state index contributed by atoms with van der Waals surface area (Å²) in [5.41, 5.74) is 0. The first-order valence-corrected chi connectivity index (χ1v) is 5.88. The predicted molar refractivity (Wildman–Crippen MR) is 54.6 cm³/mol. The van der Waals surface area contributed by atoms with Gasteiger partial charge in [0, 0.05) is 25.5 Å². The van der Waals surface area contributed by atoms with E-state index in [2.05, 4.69) is 0 Å². The number of carbonyl (C=O) groups is 1. The van der Waals surface area contributed by atoms with Crippen LogP contribution in [-0.4, -0.2) is 49.2 Å². The fourth-order valence-corrected chi connectivity index (χ4v) is 2.68. The summed E-state index contributed by atoms with van der Waals surface area (Å²) in [7, 11) is 0. The summed E-state index contributed by atoms with van der Waals surface area (Å²) in [6, 6.07) is -1.52. The molecule has 2 heterocycles. The number of ketones is 1. The molecule has 6 heteroatoms. The van der Waals surface area contributed by atoms with Gasteiger partial charge in [0.25, 0.3) is 0 Å². The quantitative estimate of drug-likeness (QED) is 0.747. The molecule has 0 aliphatic carbocycles. The lowest BCUT2D eigenvalue weighted by molar-refractivity contribution is -0.204. The van der Waals surface area contributed by atoms with Gasteiger partial charge in [-0.15, -0.1) is 0 Å². The molecule has 2 saturated heterocycles. The van der Waals surface area contributed by atoms with Crippen molar-refractivity contribution in [3.8, 4) is 0 Å². The van der Waals surface area contributed by atoms with Gasteiger partial charge in [0.15, 0.2) is 0 Å². The number of carbonyl (C=O) groups excluding carboxylic acids is 1. The van der Waals surface area contributed by atoms with Gasteiger partial charge in [0.1, 0.15) is 11.8 Å². The minimum absolute atomic E-state index is 0.0688. The highest BCUT2D eigenvalue weighted by atomic mass is 19.4. The lowest BCUT2D eigenvalue weighted by Crippen LogP contribution is -2.51. The molecule has 2 aliphatic heterocycles. The van der Waals surface area contributed by atoms with Crippen LogP contribution in [0.5, 0.6) is 0 Å². The van der Waals surface area contributed by atoms with Gasteiger partial charge in [0.2, 0.25) is 0 Å². The molecular formula is C11H16F3NO2. The molecule has 0 aromatic heterocycles. The van der Waals surface area contributed by atoms with E-state index < -0.39 is 18.1 Å². The molecule has 0 saturated carbocycles. The molecule has 0 N–H and O–H groups in total. The third-order valence-electron chi connectivity index (χ3n) is 3.43. The van der Waals surface area contributed by atoms with Gasteiger partial charge >= 0.3 is 6.18 Å². The van der Waals surface area contributed by atoms with Crippen molar-refractivity contribution in [2.75, 3.05) is 26.3 Å². The Morgan fingerprint density at radius 1 is 1.41 bits per heavy atom. The Morgan fingerprint density at radius 3 is 2.65 bits per heavy atom. The Morgan fingerprint density at radius 2 is 2.18 bits per heavy atom. The molecule has 3 nitrogen and oxygen atoms in total. The Balaban J connectivity index is 2.10. The average molecular weight is 251 g/mol. The first-order valence-electron chi connectivity index (χ1n) is 5.88. The van der Waals surface area contributed by atoms with E-state index in [0.717, 1.165) is 0 Å². The van der Waals surface area contributed by atoms with Crippen molar-refractivity contribution in [3.05, 3.63) is 0 Å². The zero-order valence-electron chi connectivity index (χ0n) is 9.50. The third-order valence-corrected chi connectivity index (χ3v) is 3.43. The fourth-order valence-electron chi connectivity index (χ4n) is 2.68. The Kier molecular flexibility index (Phi) is 3.73. The van der Waals surface area contributed by atoms with Crippen LogP contribution >= 0.6 is 0 Å². The summed E-state index contributed by atoms with van der Waals surface area (Å²) in [5.74, 6) is -0.634. The zero-order valence-corrected chi connectivity index (χ0v) is 9.50. The third kappa shape index (κ3) is 2.98. The minimum atomic E-state index is -4.28. The highest BCUT2D eigenvalue weighted by Gasteiger charge is 2.49. The van der Waals surface area contributed by atoms with Crippen LogP contribution in [0.4, 0.5) is 13.2 Å². The van der Waals surface area contributed by atoms with Crippen molar-refractivity contribution in [3.63, 3.8) is 0 Å². The molecule has 0 radical (unpaired) electrons. The molecule has 0 amide bonds. The number of ether oxygens (including phenoxy) is 1. The maximum atomic E-state index is 13.1. The summed E-state index contributed by atoms with van der Waals surface area (Å²) in [5, 5.41) is 0. The molecule has 0 aromatic carbocycles. The first kappa shape index (κ1) is 12.8. The second-order valence-corrected chi connectivity index (χ2v) is 4.72. The van der Waals surface area contributed by atoms with E-state index in [9.17, 15) is 18.0 Å². The Labute approximate surface area is 97.9 Å². The molecule has 2 fully saturated rings. The maximum absolute atomic E-state index is 13.1. The van der Waals surface area contributed by atoms with Crippen molar-refractivity contribution >= 4 is 5.78 Å². The van der Waals surface area contributed by atoms with E-state index in [-0.39, 0.29) is 31.9 Å². The lowest BCUT2D eigenvalue weighted by Gasteiger charge is -2.37. The van der Waals surface area contributed by atoms with E-state index in [0.29, 0.717) is 19.4 Å². The first-order chi connectivity index (χ1) is 7.98. The number of rotatable bonds is 2. The molecule has 0 aromatic rings. The summed E-state index contributed by atoms with van der Waals surface area (Å²) in [4.78, 5) is 12.4. The van der Waals surface area contributed by atoms with Crippen LogP contribution in [0.2, 0.25) is 0 Å². The standard InChI is InChI=1S/C11H16F3NO2/c12-11(13,14)10(8-2-1-5-17-7-8)15-4-3-9(16)6-15/h8,10H,1-7H2. The number of likely N-dealkylation sites (tertiary alicyclic amines) is 1. The van der Waals surface area contributed by atoms with Gasteiger partial charge < -0.3 is 4.74 Å². The average Bonchev–Trinajstić information content (AvgIpc) is 2.64. The zero-order chi connectivity index (χ0) is 12.5. The fraction of sp³-hybridized carbons (Fsp3) is 0.909. The number of nitrogens with zero attached hydrogens (tertiary/aromatic N) is 1. The lowest BCUT2D eigenvalue weighted by atomic mass is 9.92. The van der Waals surface area contributed by atoms with Gasteiger partial charge in [-0.2, -0.15) is 13.2 Å². The van der Waals surface area contributed by atoms with E-state index in [1.165, 1.54) is 4.90 Å². The number of Topliss-reactive ketones (excluding diaryl/α,β-unsaturated/α-hetero) is 1. The van der Waals surface area contributed by atoms with E-state index in [1.54, 1.807) is 0 Å². The van der Waals surface area contributed by atoms with Crippen molar-refractivity contribution in [2.24, 2.45) is 5.92 Å². The van der Waals surface area contributed by atoms with Crippen LogP contribution in [0, 0.1) is 5.92 Å². The molecule has 0 spiro atoms. The van der Waals surface area contributed by atoms with Crippen LogP contribution < -0.4 is 0 Å². The molecule has 2 aliphatic rings. The van der Waals surface area contributed by atoms with Gasteiger partial charge in [-0.1, -0.05) is 0 Å². The second kappa shape index (κ2) is 4.94. The number of hydrogen-bond donors (Lipinski definition) is 0. The van der Waals surface area contributed by atoms with Gasteiger partial charge in [-0.3, -0.25) is 9.69 Å². The van der Waals surface area contributed by atoms with Crippen LogP contribution in [0.25, 0.3) is 0 Å². The molecule has 2 unspecified atom stereocenters. The highest BCUT2D eigenvalue weighted by molar-refractivity contribution is 5.82. The molecule has 2 atom stereocenters. The Hall–Kier alpha value is -0.620. The monoisotopic (exact) mass is 251 g/mol. The molecule has 17 heavy (non-hydrogen) atoms. The van der Waals surface area contributed by atoms with Crippen LogP contribution in [-0.2, 0) is 9.53 Å². The van der Waals surface area contributed by atoms with E-state index in [1.807, 2.05) is 0 Å². The van der Waals surface area contributed by atoms with Crippen molar-refractivity contribution in [2.45, 2.75) is 31.5 Å². The molecule has 0 bridgehead atoms. The van der Waals surface area contributed by atoms with Crippen LogP contribution in [0.3, 0.4) is 0 Å². The van der Waals surface area contributed by atoms with Crippen molar-refractivity contribution < 1.29 is 22.7 Å². The van der Waals surface area contributed by atoms with E-state index in [4.69, 9.17) is 4.74 Å². The molecule has 2 rings (SSSR count). The number of halogens is 3. The Bertz CT molecular complexity index is 287. The predicted octanol–water partition coefficient (Wildman–Crippen LogP) is 1.62. The number of alkyl halides is 3. The van der Waals surface area contributed by atoms with E-state index >= 15 is 0 Å². The minimum Gasteiger partial charge on any atom is -0.381 e. The van der Waals surface area contributed by atoms with Crippen molar-refractivity contribution in [1.82, 2.24) is 4.90 Å². The van der Waals surface area contributed by atoms with Crippen LogP contribution in [0.15, 0.2) is 0 Å². The SMILES string of the molecule is O=C1CCN(C(C2CCCOC2)C(F)(F)F)C1. The smallest absolute Gasteiger partial charge is 0.381 e. The highest BCUT2D eigenvalue weighted by Crippen LogP contribution is 2.35. The summed E-state index contributed by atoms with van der Waals surface area (Å²) < 4.78 is 44.4. The second-order valence-electron chi connectivity index (χ2n) is 4.72. The summed E-state index contributed by atoms with van der Waals surface area (Å²) >= 11 is 0. The van der Waals surface area contributed by atoms with Gasteiger partial charge in [0.05, 0.1) is 13.2 Å². The number of hydrogen-bond acceptors (Lipinski definition) is 3. The van der Waals surface area contributed by atoms with Crippen LogP contribution in [0.1, 0.15) is 19.3 Å². The molecular weight excluding hydrogens is 235 g/mol.